The minimum Gasteiger partial charge on any atom is -0.282 e. The number of amidine groups is 1. The van der Waals surface area contributed by atoms with E-state index in [-0.39, 0.29) is 5.91 Å². The Balaban J connectivity index is 1.90. The van der Waals surface area contributed by atoms with E-state index in [0.717, 1.165) is 11.3 Å². The fourth-order valence-corrected chi connectivity index (χ4v) is 3.73. The molecule has 1 amide bonds. The molecule has 1 aliphatic heterocycles. The summed E-state index contributed by atoms with van der Waals surface area (Å²) >= 11 is 7.62. The first-order valence-electron chi connectivity index (χ1n) is 8.34. The molecule has 2 aromatic rings. The Morgan fingerprint density at radius 2 is 2.04 bits per heavy atom. The molecular formula is C21H18ClN3OS. The topological polar surface area (TPSA) is 45.6 Å². The lowest BCUT2D eigenvalue weighted by Gasteiger charge is -2.12. The van der Waals surface area contributed by atoms with Crippen molar-refractivity contribution in [3.05, 3.63) is 88.5 Å². The number of hydrogen-bond acceptors (Lipinski definition) is 4. The third-order valence-electron chi connectivity index (χ3n) is 3.66. The van der Waals surface area contributed by atoms with Gasteiger partial charge in [0.1, 0.15) is 0 Å². The van der Waals surface area contributed by atoms with Crippen LogP contribution in [0.25, 0.3) is 6.08 Å². The predicted molar refractivity (Wildman–Crippen MR) is 114 cm³/mol. The Labute approximate surface area is 168 Å². The molecule has 136 valence electrons. The molecule has 4 nitrogen and oxygen atoms in total. The van der Waals surface area contributed by atoms with Gasteiger partial charge in [-0.25, -0.2) is 9.98 Å². The molecule has 0 radical (unpaired) electrons. The van der Waals surface area contributed by atoms with Crippen LogP contribution in [0.3, 0.4) is 0 Å². The number of benzene rings is 1. The highest BCUT2D eigenvalue weighted by atomic mass is 35.5. The molecule has 1 aromatic carbocycles. The Morgan fingerprint density at radius 1 is 1.26 bits per heavy atom. The van der Waals surface area contributed by atoms with E-state index in [1.807, 2.05) is 55.5 Å². The average Bonchev–Trinajstić information content (AvgIpc) is 2.91. The molecule has 1 fully saturated rings. The van der Waals surface area contributed by atoms with Crippen molar-refractivity contribution in [1.82, 2.24) is 9.88 Å². The Bertz CT molecular complexity index is 951. The van der Waals surface area contributed by atoms with Crippen LogP contribution in [0.5, 0.6) is 0 Å². The van der Waals surface area contributed by atoms with Crippen molar-refractivity contribution >= 4 is 46.3 Å². The molecular weight excluding hydrogens is 378 g/mol. The van der Waals surface area contributed by atoms with E-state index in [1.165, 1.54) is 11.8 Å². The van der Waals surface area contributed by atoms with Gasteiger partial charge in [-0.3, -0.25) is 9.69 Å². The second-order valence-corrected chi connectivity index (χ2v) is 7.23. The van der Waals surface area contributed by atoms with E-state index in [9.17, 15) is 4.79 Å². The Morgan fingerprint density at radius 3 is 2.74 bits per heavy atom. The van der Waals surface area contributed by atoms with E-state index in [4.69, 9.17) is 11.6 Å². The largest absolute Gasteiger partial charge is 0.282 e. The van der Waals surface area contributed by atoms with Crippen LogP contribution >= 0.6 is 23.4 Å². The number of pyridine rings is 1. The van der Waals surface area contributed by atoms with Gasteiger partial charge >= 0.3 is 0 Å². The number of thioether (sulfide) groups is 1. The van der Waals surface area contributed by atoms with Crippen LogP contribution in [0.4, 0.5) is 5.82 Å². The van der Waals surface area contributed by atoms with Gasteiger partial charge in [-0.15, -0.1) is 6.58 Å². The smallest absolute Gasteiger partial charge is 0.267 e. The molecule has 6 heteroatoms. The molecule has 27 heavy (non-hydrogen) atoms. The standard InChI is InChI=1S/C21H18ClN3OS/c1-3-12-25-20(26)18(14-17(22)13-16-9-5-4-6-10-16)27-21(25)24-19-11-7-8-15(2)23-19/h3-11,13-14H,1,12H2,2H3/b17-13-,18-14-,24-21+. The maximum atomic E-state index is 12.8. The monoisotopic (exact) mass is 395 g/mol. The zero-order valence-electron chi connectivity index (χ0n) is 14.8. The van der Waals surface area contributed by atoms with Crippen LogP contribution in [0, 0.1) is 6.92 Å². The minimum absolute atomic E-state index is 0.147. The van der Waals surface area contributed by atoms with Crippen LogP contribution in [0.15, 0.2) is 82.2 Å². The van der Waals surface area contributed by atoms with E-state index in [2.05, 4.69) is 16.6 Å². The van der Waals surface area contributed by atoms with Gasteiger partial charge in [0, 0.05) is 17.3 Å². The van der Waals surface area contributed by atoms with E-state index >= 15 is 0 Å². The number of carbonyl (C=O) groups is 1. The molecule has 0 atom stereocenters. The van der Waals surface area contributed by atoms with E-state index in [0.29, 0.717) is 27.5 Å². The number of rotatable bonds is 5. The van der Waals surface area contributed by atoms with Crippen molar-refractivity contribution in [3.63, 3.8) is 0 Å². The summed E-state index contributed by atoms with van der Waals surface area (Å²) in [6.07, 6.45) is 5.16. The van der Waals surface area contributed by atoms with Crippen molar-refractivity contribution < 1.29 is 4.79 Å². The second-order valence-electron chi connectivity index (χ2n) is 5.79. The number of hydrogen-bond donors (Lipinski definition) is 0. The molecule has 3 rings (SSSR count). The van der Waals surface area contributed by atoms with Crippen LogP contribution in [-0.2, 0) is 4.79 Å². The van der Waals surface area contributed by atoms with Gasteiger partial charge in [0.2, 0.25) is 0 Å². The van der Waals surface area contributed by atoms with Gasteiger partial charge in [-0.1, -0.05) is 54.1 Å². The molecule has 2 heterocycles. The number of aromatic nitrogens is 1. The summed E-state index contributed by atoms with van der Waals surface area (Å²) in [5.74, 6) is 0.414. The summed E-state index contributed by atoms with van der Waals surface area (Å²) in [7, 11) is 0. The summed E-state index contributed by atoms with van der Waals surface area (Å²) < 4.78 is 0. The molecule has 1 aliphatic rings. The Kier molecular flexibility index (Phi) is 6.27. The highest BCUT2D eigenvalue weighted by Crippen LogP contribution is 2.34. The minimum atomic E-state index is -0.147. The fraction of sp³-hybridized carbons (Fsp3) is 0.0952. The van der Waals surface area contributed by atoms with Crippen LogP contribution < -0.4 is 0 Å². The summed E-state index contributed by atoms with van der Waals surface area (Å²) in [5.41, 5.74) is 1.83. The highest BCUT2D eigenvalue weighted by molar-refractivity contribution is 8.18. The van der Waals surface area contributed by atoms with E-state index < -0.39 is 0 Å². The number of aryl methyl sites for hydroxylation is 1. The van der Waals surface area contributed by atoms with Crippen LogP contribution in [0.1, 0.15) is 11.3 Å². The number of aliphatic imine (C=N–C) groups is 1. The summed E-state index contributed by atoms with van der Waals surface area (Å²) in [4.78, 5) is 23.7. The van der Waals surface area contributed by atoms with Crippen molar-refractivity contribution in [2.24, 2.45) is 4.99 Å². The third kappa shape index (κ3) is 4.96. The first kappa shape index (κ1) is 19.1. The van der Waals surface area contributed by atoms with Gasteiger partial charge in [0.25, 0.3) is 5.91 Å². The predicted octanol–water partition coefficient (Wildman–Crippen LogP) is 5.30. The number of carbonyl (C=O) groups excluding carboxylic acids is 1. The SMILES string of the molecule is C=CCN1C(=O)/C(=C/C(Cl)=C/c2ccccc2)S/C1=N/c1cccc(C)n1. The summed E-state index contributed by atoms with van der Waals surface area (Å²) in [6, 6.07) is 15.3. The summed E-state index contributed by atoms with van der Waals surface area (Å²) in [6.45, 7) is 5.99. The Hall–Kier alpha value is -2.63. The van der Waals surface area contributed by atoms with Crippen molar-refractivity contribution in [3.8, 4) is 0 Å². The molecule has 0 aliphatic carbocycles. The normalized spacial score (nSPS) is 17.8. The van der Waals surface area contributed by atoms with Crippen LogP contribution in [0.2, 0.25) is 0 Å². The fourth-order valence-electron chi connectivity index (χ4n) is 2.45. The zero-order chi connectivity index (χ0) is 19.2. The molecule has 1 aromatic heterocycles. The van der Waals surface area contributed by atoms with Gasteiger partial charge in [0.05, 0.1) is 4.91 Å². The zero-order valence-corrected chi connectivity index (χ0v) is 16.4. The van der Waals surface area contributed by atoms with Gasteiger partial charge in [-0.05, 0) is 48.5 Å². The number of halogens is 1. The van der Waals surface area contributed by atoms with E-state index in [1.54, 1.807) is 23.1 Å². The third-order valence-corrected chi connectivity index (χ3v) is 4.88. The molecule has 0 unspecified atom stereocenters. The summed E-state index contributed by atoms with van der Waals surface area (Å²) in [5, 5.41) is 1.04. The molecule has 0 saturated carbocycles. The van der Waals surface area contributed by atoms with Gasteiger partial charge in [0.15, 0.2) is 11.0 Å². The quantitative estimate of drug-likeness (QED) is 0.509. The molecule has 0 spiro atoms. The molecule has 0 bridgehead atoms. The first-order valence-corrected chi connectivity index (χ1v) is 9.53. The lowest BCUT2D eigenvalue weighted by atomic mass is 10.2. The average molecular weight is 396 g/mol. The first-order chi connectivity index (χ1) is 13.1. The second kappa shape index (κ2) is 8.84. The maximum Gasteiger partial charge on any atom is 0.267 e. The molecule has 0 N–H and O–H groups in total. The van der Waals surface area contributed by atoms with Crippen molar-refractivity contribution in [2.45, 2.75) is 6.92 Å². The van der Waals surface area contributed by atoms with Crippen molar-refractivity contribution in [2.75, 3.05) is 6.54 Å². The van der Waals surface area contributed by atoms with Gasteiger partial charge < -0.3 is 0 Å². The number of nitrogens with zero attached hydrogens (tertiary/aromatic N) is 3. The van der Waals surface area contributed by atoms with Crippen LogP contribution in [-0.4, -0.2) is 27.5 Å². The maximum absolute atomic E-state index is 12.8. The van der Waals surface area contributed by atoms with Crippen molar-refractivity contribution in [1.29, 1.82) is 0 Å². The number of allylic oxidation sites excluding steroid dienone is 2. The van der Waals surface area contributed by atoms with Gasteiger partial charge in [-0.2, -0.15) is 0 Å². The highest BCUT2D eigenvalue weighted by Gasteiger charge is 2.32. The number of amides is 1. The lowest BCUT2D eigenvalue weighted by Crippen LogP contribution is -2.29. The molecule has 1 saturated heterocycles. The lowest BCUT2D eigenvalue weighted by molar-refractivity contribution is -0.121.